The van der Waals surface area contributed by atoms with Gasteiger partial charge in [0.05, 0.1) is 19.8 Å². The average molecular weight is 211 g/mol. The van der Waals surface area contributed by atoms with E-state index in [1.54, 1.807) is 13.2 Å². The van der Waals surface area contributed by atoms with Crippen LogP contribution in [-0.2, 0) is 0 Å². The smallest absolute Gasteiger partial charge is 0.125 e. The van der Waals surface area contributed by atoms with Crippen LogP contribution in [-0.4, -0.2) is 23.9 Å². The molecule has 84 valence electrons. The molecule has 4 N–H and O–H groups in total. The van der Waals surface area contributed by atoms with Gasteiger partial charge in [-0.05, 0) is 31.0 Å². The molecule has 0 spiro atoms. The zero-order valence-electron chi connectivity index (χ0n) is 9.24. The van der Waals surface area contributed by atoms with Crippen LogP contribution in [0.25, 0.3) is 0 Å². The van der Waals surface area contributed by atoms with E-state index in [-0.39, 0.29) is 12.4 Å². The largest absolute Gasteiger partial charge is 0.508 e. The normalized spacial score (nSPS) is 12.6. The highest BCUT2D eigenvalue weighted by Gasteiger charge is 2.18. The van der Waals surface area contributed by atoms with E-state index in [4.69, 9.17) is 15.6 Å². The summed E-state index contributed by atoms with van der Waals surface area (Å²) >= 11 is 0. The van der Waals surface area contributed by atoms with Gasteiger partial charge < -0.3 is 20.7 Å². The zero-order valence-corrected chi connectivity index (χ0v) is 9.24. The quantitative estimate of drug-likeness (QED) is 0.697. The van der Waals surface area contributed by atoms with Crippen molar-refractivity contribution in [2.75, 3.05) is 13.7 Å². The number of methoxy groups -OCH3 is 1. The summed E-state index contributed by atoms with van der Waals surface area (Å²) in [6, 6.07) is 1.01. The fraction of sp³-hybridized carbons (Fsp3) is 0.455. The maximum absolute atomic E-state index is 9.75. The lowest BCUT2D eigenvalue weighted by molar-refractivity contribution is 0.264. The van der Waals surface area contributed by atoms with Crippen LogP contribution >= 0.6 is 0 Å². The van der Waals surface area contributed by atoms with Gasteiger partial charge in [0, 0.05) is 5.56 Å². The molecule has 4 nitrogen and oxygen atoms in total. The van der Waals surface area contributed by atoms with Gasteiger partial charge in [0.15, 0.2) is 0 Å². The van der Waals surface area contributed by atoms with Crippen LogP contribution in [0.3, 0.4) is 0 Å². The lowest BCUT2D eigenvalue weighted by Gasteiger charge is -2.18. The molecule has 15 heavy (non-hydrogen) atoms. The first-order chi connectivity index (χ1) is 7.02. The van der Waals surface area contributed by atoms with Gasteiger partial charge in [-0.3, -0.25) is 0 Å². The minimum absolute atomic E-state index is 0.104. The van der Waals surface area contributed by atoms with Crippen molar-refractivity contribution in [1.82, 2.24) is 0 Å². The molecule has 0 saturated heterocycles. The summed E-state index contributed by atoms with van der Waals surface area (Å²) in [7, 11) is 1.57. The highest BCUT2D eigenvalue weighted by molar-refractivity contribution is 5.53. The minimum Gasteiger partial charge on any atom is -0.508 e. The number of aromatic hydroxyl groups is 1. The van der Waals surface area contributed by atoms with Crippen LogP contribution in [0, 0.1) is 13.8 Å². The number of hydrogen-bond acceptors (Lipinski definition) is 4. The Morgan fingerprint density at radius 1 is 1.47 bits per heavy atom. The first kappa shape index (κ1) is 11.8. The number of aryl methyl sites for hydroxylation is 1. The van der Waals surface area contributed by atoms with Crippen molar-refractivity contribution in [3.63, 3.8) is 0 Å². The number of nitrogens with two attached hydrogens (primary N) is 1. The number of hydrogen-bond donors (Lipinski definition) is 3. The lowest BCUT2D eigenvalue weighted by atomic mass is 9.97. The topological polar surface area (TPSA) is 75.7 Å². The van der Waals surface area contributed by atoms with Gasteiger partial charge in [-0.2, -0.15) is 0 Å². The molecule has 0 aromatic heterocycles. The van der Waals surface area contributed by atoms with Gasteiger partial charge in [-0.1, -0.05) is 0 Å². The highest BCUT2D eigenvalue weighted by Crippen LogP contribution is 2.35. The number of rotatable bonds is 3. The molecule has 0 radical (unpaired) electrons. The SMILES string of the molecule is COc1c(C)cc(O)c([C@H](N)CO)c1C. The molecule has 0 fully saturated rings. The van der Waals surface area contributed by atoms with Crippen molar-refractivity contribution in [3.05, 3.63) is 22.8 Å². The zero-order chi connectivity index (χ0) is 11.6. The standard InChI is InChI=1S/C11H17NO3/c1-6-4-9(14)10(8(12)5-13)7(2)11(6)15-3/h4,8,13-14H,5,12H2,1-3H3/t8-/m1/s1. The van der Waals surface area contributed by atoms with Crippen LogP contribution in [0.4, 0.5) is 0 Å². The molecule has 0 saturated carbocycles. The molecule has 0 aliphatic rings. The molecule has 1 aromatic carbocycles. The molecule has 0 aliphatic heterocycles. The molecule has 0 aliphatic carbocycles. The molecular weight excluding hydrogens is 194 g/mol. The molecule has 1 atom stereocenters. The van der Waals surface area contributed by atoms with Crippen molar-refractivity contribution in [1.29, 1.82) is 0 Å². The molecule has 0 bridgehead atoms. The van der Waals surface area contributed by atoms with Crippen LogP contribution < -0.4 is 10.5 Å². The van der Waals surface area contributed by atoms with Crippen molar-refractivity contribution in [2.24, 2.45) is 5.73 Å². The van der Waals surface area contributed by atoms with Gasteiger partial charge in [-0.25, -0.2) is 0 Å². The number of ether oxygens (including phenoxy) is 1. The monoisotopic (exact) mass is 211 g/mol. The van der Waals surface area contributed by atoms with Crippen molar-refractivity contribution >= 4 is 0 Å². The number of benzene rings is 1. The van der Waals surface area contributed by atoms with Crippen LogP contribution in [0.15, 0.2) is 6.07 Å². The van der Waals surface area contributed by atoms with E-state index in [1.807, 2.05) is 13.8 Å². The Hall–Kier alpha value is -1.26. The molecule has 1 aromatic rings. The van der Waals surface area contributed by atoms with Gasteiger partial charge in [0.2, 0.25) is 0 Å². The van der Waals surface area contributed by atoms with Crippen LogP contribution in [0.5, 0.6) is 11.5 Å². The fourth-order valence-corrected chi connectivity index (χ4v) is 1.83. The molecule has 4 heteroatoms. The summed E-state index contributed by atoms with van der Waals surface area (Å²) in [4.78, 5) is 0. The van der Waals surface area contributed by atoms with Gasteiger partial charge in [-0.15, -0.1) is 0 Å². The molecule has 0 amide bonds. The summed E-state index contributed by atoms with van der Waals surface area (Å²) in [5.74, 6) is 0.805. The number of aliphatic hydroxyl groups excluding tert-OH is 1. The molecular formula is C11H17NO3. The summed E-state index contributed by atoms with van der Waals surface area (Å²) in [5, 5.41) is 18.7. The second kappa shape index (κ2) is 4.51. The third-order valence-corrected chi connectivity index (χ3v) is 2.50. The van der Waals surface area contributed by atoms with Gasteiger partial charge in [0.1, 0.15) is 11.5 Å². The Bertz CT molecular complexity index is 363. The Morgan fingerprint density at radius 3 is 2.53 bits per heavy atom. The van der Waals surface area contributed by atoms with Crippen molar-refractivity contribution in [3.8, 4) is 11.5 Å². The summed E-state index contributed by atoms with van der Waals surface area (Å²) in [6.07, 6.45) is 0. The predicted molar refractivity (Wildman–Crippen MR) is 58.1 cm³/mol. The summed E-state index contributed by atoms with van der Waals surface area (Å²) in [6.45, 7) is 3.46. The van der Waals surface area contributed by atoms with Crippen molar-refractivity contribution < 1.29 is 14.9 Å². The summed E-state index contributed by atoms with van der Waals surface area (Å²) in [5.41, 5.74) is 7.87. The first-order valence-corrected chi connectivity index (χ1v) is 4.76. The Kier molecular flexibility index (Phi) is 3.55. The lowest BCUT2D eigenvalue weighted by Crippen LogP contribution is -2.16. The molecule has 0 heterocycles. The Morgan fingerprint density at radius 2 is 2.07 bits per heavy atom. The van der Waals surface area contributed by atoms with Crippen LogP contribution in [0.1, 0.15) is 22.7 Å². The Labute approximate surface area is 89.3 Å². The minimum atomic E-state index is -0.584. The number of phenols is 1. The van der Waals surface area contributed by atoms with E-state index in [9.17, 15) is 5.11 Å². The third kappa shape index (κ3) is 2.06. The first-order valence-electron chi connectivity index (χ1n) is 4.76. The second-order valence-corrected chi connectivity index (χ2v) is 3.57. The van der Waals surface area contributed by atoms with E-state index >= 15 is 0 Å². The number of aliphatic hydroxyl groups is 1. The summed E-state index contributed by atoms with van der Waals surface area (Å²) < 4.78 is 5.22. The maximum atomic E-state index is 9.75. The van der Waals surface area contributed by atoms with Crippen LogP contribution in [0.2, 0.25) is 0 Å². The van der Waals surface area contributed by atoms with Crippen molar-refractivity contribution in [2.45, 2.75) is 19.9 Å². The van der Waals surface area contributed by atoms with E-state index in [1.165, 1.54) is 0 Å². The van der Waals surface area contributed by atoms with E-state index in [2.05, 4.69) is 0 Å². The molecule has 0 unspecified atom stereocenters. The number of phenolic OH excluding ortho intramolecular Hbond substituents is 1. The van der Waals surface area contributed by atoms with E-state index < -0.39 is 6.04 Å². The fourth-order valence-electron chi connectivity index (χ4n) is 1.83. The second-order valence-electron chi connectivity index (χ2n) is 3.57. The average Bonchev–Trinajstić information content (AvgIpc) is 2.17. The predicted octanol–water partition coefficient (Wildman–Crippen LogP) is 1.01. The molecule has 1 rings (SSSR count). The van der Waals surface area contributed by atoms with E-state index in [0.717, 1.165) is 11.1 Å². The Balaban J connectivity index is 3.38. The van der Waals surface area contributed by atoms with E-state index in [0.29, 0.717) is 11.3 Å². The van der Waals surface area contributed by atoms with Gasteiger partial charge in [0.25, 0.3) is 0 Å². The maximum Gasteiger partial charge on any atom is 0.125 e. The van der Waals surface area contributed by atoms with Gasteiger partial charge >= 0.3 is 0 Å². The third-order valence-electron chi connectivity index (χ3n) is 2.50. The highest BCUT2D eigenvalue weighted by atomic mass is 16.5.